The predicted octanol–water partition coefficient (Wildman–Crippen LogP) is 6.49. The highest BCUT2D eigenvalue weighted by Crippen LogP contribution is 2.44. The third-order valence-corrected chi connectivity index (χ3v) is 7.23. The number of hydrogen-bond donors (Lipinski definition) is 1. The molecule has 1 aliphatic heterocycles. The maximum Gasteiger partial charge on any atom is 0.296 e. The number of rotatable bonds is 7. The van der Waals surface area contributed by atoms with Crippen LogP contribution in [0.2, 0.25) is 0 Å². The molecule has 0 aliphatic carbocycles. The Labute approximate surface area is 219 Å². The lowest BCUT2D eigenvalue weighted by molar-refractivity contribution is -0.117. The highest BCUT2D eigenvalue weighted by atomic mass is 32.1. The van der Waals surface area contributed by atoms with Gasteiger partial charge in [0.1, 0.15) is 5.75 Å². The van der Waals surface area contributed by atoms with Crippen LogP contribution in [0.1, 0.15) is 35.2 Å². The summed E-state index contributed by atoms with van der Waals surface area (Å²) in [6.07, 6.45) is 3.07. The number of aliphatic hydroxyl groups excluding tert-OH is 1. The summed E-state index contributed by atoms with van der Waals surface area (Å²) >= 11 is 1.36. The van der Waals surface area contributed by atoms with Crippen LogP contribution in [0, 0.1) is 13.8 Å². The molecule has 0 radical (unpaired) electrons. The van der Waals surface area contributed by atoms with Gasteiger partial charge in [0.2, 0.25) is 0 Å². The number of aromatic nitrogens is 1. The summed E-state index contributed by atoms with van der Waals surface area (Å²) in [7, 11) is 0. The second-order valence-corrected chi connectivity index (χ2v) is 9.88. The van der Waals surface area contributed by atoms with Gasteiger partial charge in [-0.05, 0) is 67.3 Å². The van der Waals surface area contributed by atoms with Crippen LogP contribution in [0.4, 0.5) is 5.13 Å². The van der Waals surface area contributed by atoms with Gasteiger partial charge in [0.25, 0.3) is 5.91 Å². The Bertz CT molecular complexity index is 1550. The van der Waals surface area contributed by atoms with Crippen LogP contribution in [-0.2, 0) is 9.59 Å². The van der Waals surface area contributed by atoms with Gasteiger partial charge in [-0.15, -0.1) is 0 Å². The van der Waals surface area contributed by atoms with Crippen LogP contribution in [0.5, 0.6) is 5.75 Å². The molecule has 4 aromatic rings. The summed E-state index contributed by atoms with van der Waals surface area (Å²) in [6.45, 7) is 6.41. The van der Waals surface area contributed by atoms with E-state index in [9.17, 15) is 14.7 Å². The fourth-order valence-corrected chi connectivity index (χ4v) is 5.74. The predicted molar refractivity (Wildman–Crippen MR) is 147 cm³/mol. The van der Waals surface area contributed by atoms with Crippen molar-refractivity contribution in [3.63, 3.8) is 0 Å². The number of allylic oxidation sites excluding steroid dienone is 1. The van der Waals surface area contributed by atoms with Gasteiger partial charge in [-0.2, -0.15) is 0 Å². The molecule has 6 nitrogen and oxygen atoms in total. The molecular formula is C30H26N2O4S. The van der Waals surface area contributed by atoms with Crippen molar-refractivity contribution < 1.29 is 19.4 Å². The van der Waals surface area contributed by atoms with E-state index in [1.165, 1.54) is 22.3 Å². The number of benzene rings is 3. The fraction of sp³-hybridized carbons (Fsp3) is 0.167. The average molecular weight is 511 g/mol. The van der Waals surface area contributed by atoms with Crippen LogP contribution < -0.4 is 9.64 Å². The molecule has 37 heavy (non-hydrogen) atoms. The van der Waals surface area contributed by atoms with Crippen molar-refractivity contribution in [3.8, 4) is 5.75 Å². The van der Waals surface area contributed by atoms with Crippen molar-refractivity contribution in [3.05, 3.63) is 106 Å². The first kappa shape index (κ1) is 24.5. The molecule has 1 N–H and O–H groups in total. The van der Waals surface area contributed by atoms with Crippen molar-refractivity contribution in [2.75, 3.05) is 11.5 Å². The summed E-state index contributed by atoms with van der Waals surface area (Å²) in [6, 6.07) is 19.8. The number of aliphatic hydroxyl groups is 1. The smallest absolute Gasteiger partial charge is 0.296 e. The Morgan fingerprint density at radius 2 is 1.84 bits per heavy atom. The summed E-state index contributed by atoms with van der Waals surface area (Å²) in [5.41, 5.74) is 4.43. The molecule has 186 valence electrons. The lowest BCUT2D eigenvalue weighted by atomic mass is 9.95. The average Bonchev–Trinajstić information content (AvgIpc) is 3.42. The van der Waals surface area contributed by atoms with Crippen molar-refractivity contribution in [2.24, 2.45) is 0 Å². The number of hydrogen-bond acceptors (Lipinski definition) is 6. The number of nitrogens with zero attached hydrogens (tertiary/aromatic N) is 2. The molecule has 1 atom stereocenters. The Hall–Kier alpha value is -4.23. The molecule has 2 heterocycles. The molecule has 1 aromatic heterocycles. The standard InChI is InChI=1S/C30H26N2O4S/c1-4-36-22-13-11-21(12-14-22)27-25(23(33)15-10-20-8-6-5-7-9-20)28(34)29(35)32(27)30-31-26-19(3)16-18(2)17-24(26)37-30/h5-17,27,34H,4H2,1-3H3. The van der Waals surface area contributed by atoms with E-state index in [0.29, 0.717) is 23.1 Å². The largest absolute Gasteiger partial charge is 0.503 e. The van der Waals surface area contributed by atoms with Crippen LogP contribution in [0.3, 0.4) is 0 Å². The second kappa shape index (κ2) is 10.0. The zero-order valence-corrected chi connectivity index (χ0v) is 21.6. The number of anilines is 1. The lowest BCUT2D eigenvalue weighted by Crippen LogP contribution is -2.30. The fourth-order valence-electron chi connectivity index (χ4n) is 4.57. The van der Waals surface area contributed by atoms with E-state index < -0.39 is 23.5 Å². The van der Waals surface area contributed by atoms with E-state index in [1.54, 1.807) is 18.2 Å². The topological polar surface area (TPSA) is 79.7 Å². The summed E-state index contributed by atoms with van der Waals surface area (Å²) in [4.78, 5) is 33.1. The van der Waals surface area contributed by atoms with Crippen molar-refractivity contribution in [2.45, 2.75) is 26.8 Å². The number of fused-ring (bicyclic) bond motifs is 1. The SMILES string of the molecule is CCOc1ccc(C2C(C(=O)C=Cc3ccccc3)=C(O)C(=O)N2c2nc3c(C)cc(C)cc3s2)cc1. The normalized spacial score (nSPS) is 15.8. The minimum absolute atomic E-state index is 0.0218. The van der Waals surface area contributed by atoms with E-state index in [-0.39, 0.29) is 5.57 Å². The summed E-state index contributed by atoms with van der Waals surface area (Å²) < 4.78 is 6.51. The number of ketones is 1. The molecule has 0 saturated carbocycles. The molecule has 1 aliphatic rings. The number of carbonyl (C=O) groups is 2. The van der Waals surface area contributed by atoms with Crippen LogP contribution >= 0.6 is 11.3 Å². The molecule has 0 saturated heterocycles. The van der Waals surface area contributed by atoms with E-state index in [2.05, 4.69) is 0 Å². The molecule has 0 fully saturated rings. The maximum atomic E-state index is 13.5. The van der Waals surface area contributed by atoms with Gasteiger partial charge >= 0.3 is 0 Å². The third-order valence-electron chi connectivity index (χ3n) is 6.23. The molecule has 0 spiro atoms. The Balaban J connectivity index is 1.61. The van der Waals surface area contributed by atoms with E-state index in [1.807, 2.05) is 75.4 Å². The van der Waals surface area contributed by atoms with Crippen LogP contribution in [-0.4, -0.2) is 28.4 Å². The van der Waals surface area contributed by atoms with Gasteiger partial charge in [-0.1, -0.05) is 65.9 Å². The first-order valence-corrected chi connectivity index (χ1v) is 12.8. The number of thiazole rings is 1. The summed E-state index contributed by atoms with van der Waals surface area (Å²) in [5, 5.41) is 11.4. The van der Waals surface area contributed by atoms with E-state index in [4.69, 9.17) is 9.72 Å². The first-order valence-electron chi connectivity index (χ1n) is 12.0. The Morgan fingerprint density at radius 3 is 2.54 bits per heavy atom. The first-order chi connectivity index (χ1) is 17.9. The van der Waals surface area contributed by atoms with Gasteiger partial charge in [0.05, 0.1) is 28.4 Å². The molecule has 1 unspecified atom stereocenters. The van der Waals surface area contributed by atoms with Gasteiger partial charge < -0.3 is 9.84 Å². The molecule has 5 rings (SSSR count). The van der Waals surface area contributed by atoms with Crippen molar-refractivity contribution in [1.29, 1.82) is 0 Å². The van der Waals surface area contributed by atoms with Gasteiger partial charge in [0, 0.05) is 0 Å². The molecule has 7 heteroatoms. The highest BCUT2D eigenvalue weighted by Gasteiger charge is 2.45. The Morgan fingerprint density at radius 1 is 1.11 bits per heavy atom. The zero-order valence-electron chi connectivity index (χ0n) is 20.8. The third kappa shape index (κ3) is 4.66. The second-order valence-electron chi connectivity index (χ2n) is 8.88. The lowest BCUT2D eigenvalue weighted by Gasteiger charge is -2.24. The minimum Gasteiger partial charge on any atom is -0.503 e. The number of carbonyl (C=O) groups excluding carboxylic acids is 2. The number of ether oxygens (including phenoxy) is 1. The Kier molecular flexibility index (Phi) is 6.63. The van der Waals surface area contributed by atoms with Gasteiger partial charge in [-0.3, -0.25) is 14.5 Å². The van der Waals surface area contributed by atoms with Crippen molar-refractivity contribution >= 4 is 44.5 Å². The minimum atomic E-state index is -0.835. The van der Waals surface area contributed by atoms with E-state index >= 15 is 0 Å². The van der Waals surface area contributed by atoms with E-state index in [0.717, 1.165) is 26.9 Å². The monoisotopic (exact) mass is 510 g/mol. The summed E-state index contributed by atoms with van der Waals surface area (Å²) in [5.74, 6) is -0.972. The zero-order chi connectivity index (χ0) is 26.1. The quantitative estimate of drug-likeness (QED) is 0.287. The van der Waals surface area contributed by atoms with Crippen LogP contribution in [0.15, 0.2) is 84.1 Å². The molecule has 1 amide bonds. The molecule has 3 aromatic carbocycles. The molecule has 0 bridgehead atoms. The number of aryl methyl sites for hydroxylation is 2. The van der Waals surface area contributed by atoms with Crippen molar-refractivity contribution in [1.82, 2.24) is 4.98 Å². The maximum absolute atomic E-state index is 13.5. The van der Waals surface area contributed by atoms with Gasteiger partial charge in [-0.25, -0.2) is 4.98 Å². The van der Waals surface area contributed by atoms with Crippen LogP contribution in [0.25, 0.3) is 16.3 Å². The molecular weight excluding hydrogens is 484 g/mol. The number of amides is 1. The van der Waals surface area contributed by atoms with Gasteiger partial charge in [0.15, 0.2) is 16.7 Å². The highest BCUT2D eigenvalue weighted by molar-refractivity contribution is 7.22.